The first-order valence-electron chi connectivity index (χ1n) is 5.13. The molecule has 6 heteroatoms. The molecule has 0 saturated carbocycles. The molecule has 1 rings (SSSR count). The quantitative estimate of drug-likeness (QED) is 0.850. The molecule has 1 aromatic rings. The van der Waals surface area contributed by atoms with Crippen LogP contribution in [-0.4, -0.2) is 27.9 Å². The van der Waals surface area contributed by atoms with E-state index in [0.29, 0.717) is 5.82 Å². The molecule has 0 fully saturated rings. The zero-order valence-corrected chi connectivity index (χ0v) is 11.7. The molecule has 0 saturated heterocycles. The summed E-state index contributed by atoms with van der Waals surface area (Å²) in [5, 5.41) is 1.07. The Labute approximate surface area is 108 Å². The van der Waals surface area contributed by atoms with Crippen molar-refractivity contribution in [1.82, 2.24) is 9.97 Å². The molecule has 0 aliphatic rings. The van der Waals surface area contributed by atoms with E-state index in [1.54, 1.807) is 0 Å². The van der Waals surface area contributed by atoms with E-state index in [2.05, 4.69) is 25.9 Å². The summed E-state index contributed by atoms with van der Waals surface area (Å²) in [4.78, 5) is 20.0. The zero-order chi connectivity index (χ0) is 12.1. The summed E-state index contributed by atoms with van der Waals surface area (Å²) < 4.78 is 0. The first-order valence-corrected chi connectivity index (χ1v) is 6.63. The number of H-pyrrole nitrogens is 1. The van der Waals surface area contributed by atoms with Crippen LogP contribution in [0.2, 0.25) is 5.02 Å². The van der Waals surface area contributed by atoms with Crippen molar-refractivity contribution in [2.24, 2.45) is 0 Å². The van der Waals surface area contributed by atoms with Crippen LogP contribution in [0.4, 0.5) is 5.82 Å². The summed E-state index contributed by atoms with van der Waals surface area (Å²) in [7, 11) is 0. The Morgan fingerprint density at radius 2 is 2.31 bits per heavy atom. The van der Waals surface area contributed by atoms with Crippen molar-refractivity contribution in [1.29, 1.82) is 0 Å². The van der Waals surface area contributed by atoms with Gasteiger partial charge in [0.05, 0.1) is 6.33 Å². The highest BCUT2D eigenvalue weighted by Crippen LogP contribution is 2.20. The number of hydrogen-bond donors (Lipinski definition) is 1. The van der Waals surface area contributed by atoms with E-state index in [1.165, 1.54) is 6.33 Å². The Balaban J connectivity index is 3.01. The van der Waals surface area contributed by atoms with E-state index in [-0.39, 0.29) is 16.6 Å². The molecule has 1 heterocycles. The summed E-state index contributed by atoms with van der Waals surface area (Å²) in [6.07, 6.45) is 2.36. The number of aromatic amines is 1. The van der Waals surface area contributed by atoms with Crippen molar-refractivity contribution >= 4 is 33.3 Å². The monoisotopic (exact) mass is 307 g/mol. The van der Waals surface area contributed by atoms with Crippen LogP contribution in [0.1, 0.15) is 20.3 Å². The molecule has 16 heavy (non-hydrogen) atoms. The second kappa shape index (κ2) is 6.25. The Morgan fingerprint density at radius 3 is 2.88 bits per heavy atom. The van der Waals surface area contributed by atoms with Gasteiger partial charge >= 0.3 is 0 Å². The number of halogens is 2. The predicted molar refractivity (Wildman–Crippen MR) is 70.8 cm³/mol. The van der Waals surface area contributed by atoms with Crippen molar-refractivity contribution in [3.05, 3.63) is 21.7 Å². The van der Waals surface area contributed by atoms with Crippen LogP contribution >= 0.6 is 27.5 Å². The second-order valence-corrected chi connectivity index (χ2v) is 4.87. The van der Waals surface area contributed by atoms with E-state index in [0.717, 1.165) is 18.3 Å². The van der Waals surface area contributed by atoms with Crippen molar-refractivity contribution in [2.45, 2.75) is 26.3 Å². The lowest BCUT2D eigenvalue weighted by molar-refractivity contribution is 0.663. The zero-order valence-electron chi connectivity index (χ0n) is 9.33. The number of alkyl halides is 1. The van der Waals surface area contributed by atoms with Gasteiger partial charge in [-0.05, 0) is 20.3 Å². The molecule has 0 amide bonds. The minimum absolute atomic E-state index is 0.158. The SMILES string of the molecule is CC(C)N(CCCBr)c1nc[nH]c(=O)c1Cl. The number of nitrogens with one attached hydrogen (secondary N) is 1. The van der Waals surface area contributed by atoms with Crippen LogP contribution in [0.25, 0.3) is 0 Å². The Bertz CT molecular complexity index is 394. The standard InChI is InChI=1S/C10H15BrClN3O/c1-7(2)15(5-3-4-11)9-8(12)10(16)14-6-13-9/h6-7H,3-5H2,1-2H3,(H,13,14,16). The van der Waals surface area contributed by atoms with Gasteiger partial charge in [-0.15, -0.1) is 0 Å². The average molecular weight is 309 g/mol. The van der Waals surface area contributed by atoms with Gasteiger partial charge in [-0.3, -0.25) is 4.79 Å². The lowest BCUT2D eigenvalue weighted by Gasteiger charge is -2.27. The van der Waals surface area contributed by atoms with Crippen LogP contribution in [0.15, 0.2) is 11.1 Å². The molecule has 0 spiro atoms. The molecule has 0 bridgehead atoms. The van der Waals surface area contributed by atoms with Crippen LogP contribution < -0.4 is 10.5 Å². The molecular formula is C10H15BrClN3O. The minimum Gasteiger partial charge on any atom is -0.353 e. The fourth-order valence-electron chi connectivity index (χ4n) is 1.41. The third kappa shape index (κ3) is 3.22. The largest absolute Gasteiger partial charge is 0.353 e. The van der Waals surface area contributed by atoms with Gasteiger partial charge in [-0.2, -0.15) is 0 Å². The maximum absolute atomic E-state index is 11.4. The smallest absolute Gasteiger partial charge is 0.271 e. The lowest BCUT2D eigenvalue weighted by Crippen LogP contribution is -2.34. The summed E-state index contributed by atoms with van der Waals surface area (Å²) in [6, 6.07) is 0.255. The highest BCUT2D eigenvalue weighted by atomic mass is 79.9. The number of hydrogen-bond acceptors (Lipinski definition) is 3. The molecule has 0 atom stereocenters. The highest BCUT2D eigenvalue weighted by molar-refractivity contribution is 9.09. The summed E-state index contributed by atoms with van der Waals surface area (Å²) in [5.41, 5.74) is -0.295. The van der Waals surface area contributed by atoms with Gasteiger partial charge in [0.25, 0.3) is 5.56 Å². The van der Waals surface area contributed by atoms with Gasteiger partial charge in [0.2, 0.25) is 0 Å². The van der Waals surface area contributed by atoms with Crippen LogP contribution in [0.3, 0.4) is 0 Å². The number of rotatable bonds is 5. The fraction of sp³-hybridized carbons (Fsp3) is 0.600. The fourth-order valence-corrected chi connectivity index (χ4v) is 1.88. The highest BCUT2D eigenvalue weighted by Gasteiger charge is 2.16. The molecule has 0 aromatic carbocycles. The molecular weight excluding hydrogens is 293 g/mol. The Hall–Kier alpha value is -0.550. The van der Waals surface area contributed by atoms with Crippen LogP contribution in [-0.2, 0) is 0 Å². The summed E-state index contributed by atoms with van der Waals surface area (Å²) >= 11 is 9.34. The molecule has 1 N–H and O–H groups in total. The summed E-state index contributed by atoms with van der Waals surface area (Å²) in [5.74, 6) is 0.557. The van der Waals surface area contributed by atoms with Gasteiger partial charge < -0.3 is 9.88 Å². The van der Waals surface area contributed by atoms with Crippen molar-refractivity contribution in [3.63, 3.8) is 0 Å². The minimum atomic E-state index is -0.295. The van der Waals surface area contributed by atoms with Gasteiger partial charge in [-0.25, -0.2) is 4.98 Å². The number of aromatic nitrogens is 2. The van der Waals surface area contributed by atoms with E-state index in [1.807, 2.05) is 18.7 Å². The molecule has 90 valence electrons. The first-order chi connectivity index (χ1) is 7.57. The van der Waals surface area contributed by atoms with E-state index in [9.17, 15) is 4.79 Å². The maximum atomic E-state index is 11.4. The number of anilines is 1. The summed E-state index contributed by atoms with van der Waals surface area (Å²) in [6.45, 7) is 4.92. The van der Waals surface area contributed by atoms with Crippen LogP contribution in [0, 0.1) is 0 Å². The van der Waals surface area contributed by atoms with Crippen LogP contribution in [0.5, 0.6) is 0 Å². The van der Waals surface area contributed by atoms with Gasteiger partial charge in [0.15, 0.2) is 5.82 Å². The lowest BCUT2D eigenvalue weighted by atomic mass is 10.3. The molecule has 1 aromatic heterocycles. The third-order valence-electron chi connectivity index (χ3n) is 2.21. The van der Waals surface area contributed by atoms with Gasteiger partial charge in [-0.1, -0.05) is 27.5 Å². The first kappa shape index (κ1) is 13.5. The van der Waals surface area contributed by atoms with Gasteiger partial charge in [0.1, 0.15) is 5.02 Å². The van der Waals surface area contributed by atoms with Crippen molar-refractivity contribution in [2.75, 3.05) is 16.8 Å². The maximum Gasteiger partial charge on any atom is 0.271 e. The third-order valence-corrected chi connectivity index (χ3v) is 3.11. The Kier molecular flexibility index (Phi) is 5.28. The molecule has 4 nitrogen and oxygen atoms in total. The second-order valence-electron chi connectivity index (χ2n) is 3.70. The number of nitrogens with zero attached hydrogens (tertiary/aromatic N) is 2. The average Bonchev–Trinajstić information content (AvgIpc) is 2.24. The van der Waals surface area contributed by atoms with E-state index in [4.69, 9.17) is 11.6 Å². The van der Waals surface area contributed by atoms with Crippen molar-refractivity contribution in [3.8, 4) is 0 Å². The van der Waals surface area contributed by atoms with Crippen molar-refractivity contribution < 1.29 is 0 Å². The van der Waals surface area contributed by atoms with E-state index < -0.39 is 0 Å². The normalized spacial score (nSPS) is 10.8. The molecule has 0 unspecified atom stereocenters. The molecule has 0 aliphatic carbocycles. The van der Waals surface area contributed by atoms with Gasteiger partial charge in [0, 0.05) is 17.9 Å². The Morgan fingerprint density at radius 1 is 1.62 bits per heavy atom. The molecule has 0 aliphatic heterocycles. The van der Waals surface area contributed by atoms with E-state index >= 15 is 0 Å². The predicted octanol–water partition coefficient (Wildman–Crippen LogP) is 2.42. The molecule has 0 radical (unpaired) electrons. The topological polar surface area (TPSA) is 49.0 Å².